The summed E-state index contributed by atoms with van der Waals surface area (Å²) in [5.74, 6) is 6.78. The summed E-state index contributed by atoms with van der Waals surface area (Å²) >= 11 is 7.68. The molecule has 4 aromatic carbocycles. The summed E-state index contributed by atoms with van der Waals surface area (Å²) in [7, 11) is 0. The van der Waals surface area contributed by atoms with Gasteiger partial charge in [0.15, 0.2) is 15.5 Å². The zero-order valence-electron chi connectivity index (χ0n) is 32.9. The predicted octanol–water partition coefficient (Wildman–Crippen LogP) is 3.65. The second-order valence-corrected chi connectivity index (χ2v) is 18.7. The molecular weight excluding hydrogens is 861 g/mol. The van der Waals surface area contributed by atoms with E-state index in [4.69, 9.17) is 48.9 Å². The Morgan fingerprint density at radius 3 is 1.20 bits per heavy atom. The third-order valence-electron chi connectivity index (χ3n) is 12.0. The number of rotatable bonds is 5. The Balaban J connectivity index is 1.09. The Hall–Kier alpha value is -5.14. The fourth-order valence-electron chi connectivity index (χ4n) is 9.62. The molecule has 7 aromatic rings. The smallest absolute Gasteiger partial charge is 0.265 e. The summed E-state index contributed by atoms with van der Waals surface area (Å²) in [4.78, 5) is 30.0. The van der Waals surface area contributed by atoms with Crippen LogP contribution < -0.4 is 76.7 Å². The van der Waals surface area contributed by atoms with Gasteiger partial charge in [-0.05, 0) is 87.6 Å². The minimum atomic E-state index is -0.259. The first-order chi connectivity index (χ1) is 30.0. The van der Waals surface area contributed by atoms with E-state index in [2.05, 4.69) is 69.7 Å². The zero-order chi connectivity index (χ0) is 40.8. The van der Waals surface area contributed by atoms with Gasteiger partial charge < -0.3 is 18.9 Å². The molecule has 6 aliphatic rings. The number of nitrogens with zero attached hydrogens (tertiary/aromatic N) is 8. The molecule has 3 aromatic heterocycles. The summed E-state index contributed by atoms with van der Waals surface area (Å²) in [5, 5.41) is 1.86. The summed E-state index contributed by atoms with van der Waals surface area (Å²) < 4.78 is 31.0. The van der Waals surface area contributed by atoms with Gasteiger partial charge in [-0.3, -0.25) is 8.61 Å². The molecule has 0 saturated carbocycles. The van der Waals surface area contributed by atoms with Gasteiger partial charge in [0.1, 0.15) is 34.6 Å². The van der Waals surface area contributed by atoms with Gasteiger partial charge in [0.2, 0.25) is 23.5 Å². The maximum Gasteiger partial charge on any atom is 0.265 e. The van der Waals surface area contributed by atoms with E-state index < -0.39 is 0 Å². The lowest BCUT2D eigenvalue weighted by Crippen LogP contribution is -2.65. The van der Waals surface area contributed by atoms with Gasteiger partial charge in [-0.25, -0.2) is 9.97 Å². The maximum atomic E-state index is 6.82. The number of thioether (sulfide) groups is 3. The van der Waals surface area contributed by atoms with Crippen molar-refractivity contribution in [3.8, 4) is 46.5 Å². The average Bonchev–Trinajstić information content (AvgIpc) is 3.29. The van der Waals surface area contributed by atoms with Crippen LogP contribution in [0.2, 0.25) is 0 Å². The molecule has 0 unspecified atom stereocenters. The fourth-order valence-corrected chi connectivity index (χ4v) is 12.0. The van der Waals surface area contributed by atoms with E-state index >= 15 is 0 Å². The Labute approximate surface area is 372 Å². The molecule has 20 heteroatoms. The third-order valence-corrected chi connectivity index (χ3v) is 15.2. The van der Waals surface area contributed by atoms with Gasteiger partial charge in [-0.1, -0.05) is 83.8 Å². The highest BCUT2D eigenvalue weighted by atomic mass is 32.2. The highest BCUT2D eigenvalue weighted by molar-refractivity contribution is 8.00. The molecule has 0 radical (unpaired) electrons. The number of para-hydroxylation sites is 2. The molecule has 0 atom stereocenters. The van der Waals surface area contributed by atoms with Crippen molar-refractivity contribution in [3.63, 3.8) is 0 Å². The highest BCUT2D eigenvalue weighted by Gasteiger charge is 2.50. The van der Waals surface area contributed by atoms with Crippen LogP contribution in [0.15, 0.2) is 88.3 Å². The van der Waals surface area contributed by atoms with E-state index in [-0.39, 0.29) is 20.1 Å². The Bertz CT molecular complexity index is 2940. The second-order valence-electron chi connectivity index (χ2n) is 14.9. The van der Waals surface area contributed by atoms with Crippen molar-refractivity contribution in [1.29, 1.82) is 0 Å². The molecule has 0 bridgehead atoms. The van der Waals surface area contributed by atoms with Crippen molar-refractivity contribution in [2.24, 2.45) is 0 Å². The van der Waals surface area contributed by atoms with Gasteiger partial charge in [-0.15, -0.1) is 0 Å². The number of hydrogen-bond donors (Lipinski definition) is 0. The van der Waals surface area contributed by atoms with E-state index in [1.807, 2.05) is 43.0 Å². The molecule has 0 aliphatic carbocycles. The van der Waals surface area contributed by atoms with Crippen LogP contribution in [0.4, 0.5) is 23.0 Å². The van der Waals surface area contributed by atoms with E-state index in [0.29, 0.717) is 39.0 Å². The molecule has 6 aliphatic heterocycles. The lowest BCUT2D eigenvalue weighted by Gasteiger charge is -2.42. The van der Waals surface area contributed by atoms with Crippen LogP contribution in [-0.2, 0) is 0 Å². The molecule has 13 rings (SSSR count). The molecule has 12 nitrogen and oxygen atoms in total. The molecule has 0 saturated heterocycles. The fraction of sp³-hybridized carbons (Fsp3) is 0.122. The van der Waals surface area contributed by atoms with Crippen LogP contribution in [0.1, 0.15) is 0 Å². The molecular formula is C41H27B3N8O4S5. The highest BCUT2D eigenvalue weighted by Crippen LogP contribution is 2.45. The van der Waals surface area contributed by atoms with E-state index in [1.165, 1.54) is 35.3 Å². The SMILES string of the molecule is CSc1nc2c3c(n1)Oc1cc4c(cc1B3c1ccccc1O2)B1c2cc3c(cc2N(SC)c2nc(SC)nc(c21)N4SC)Oc1nc(SC)nc2c1B3c1ccccc1O2. The maximum absolute atomic E-state index is 6.82. The van der Waals surface area contributed by atoms with Gasteiger partial charge in [0.05, 0.1) is 22.3 Å². The van der Waals surface area contributed by atoms with Crippen molar-refractivity contribution >= 4 is 151 Å². The first kappa shape index (κ1) is 36.5. The first-order valence-corrected chi connectivity index (χ1v) is 25.3. The largest absolute Gasteiger partial charge is 0.440 e. The third kappa shape index (κ3) is 5.01. The van der Waals surface area contributed by atoms with E-state index in [9.17, 15) is 0 Å². The number of fused-ring (bicyclic) bond motifs is 12. The molecule has 294 valence electrons. The van der Waals surface area contributed by atoms with Crippen LogP contribution >= 0.6 is 59.2 Å². The van der Waals surface area contributed by atoms with Crippen molar-refractivity contribution in [2.45, 2.75) is 15.5 Å². The predicted molar refractivity (Wildman–Crippen MR) is 253 cm³/mol. The van der Waals surface area contributed by atoms with Gasteiger partial charge >= 0.3 is 0 Å². The average molecular weight is 888 g/mol. The monoisotopic (exact) mass is 888 g/mol. The van der Waals surface area contributed by atoms with Crippen molar-refractivity contribution < 1.29 is 18.9 Å². The van der Waals surface area contributed by atoms with E-state index in [0.717, 1.165) is 95.2 Å². The summed E-state index contributed by atoms with van der Waals surface area (Å²) in [6, 6.07) is 25.4. The molecule has 0 N–H and O–H groups in total. The minimum absolute atomic E-state index is 0.221. The topological polar surface area (TPSA) is 121 Å². The van der Waals surface area contributed by atoms with E-state index in [1.54, 1.807) is 23.9 Å². The summed E-state index contributed by atoms with van der Waals surface area (Å²) in [6.45, 7) is -0.701. The van der Waals surface area contributed by atoms with Crippen LogP contribution in [0.3, 0.4) is 0 Å². The summed E-state index contributed by atoms with van der Waals surface area (Å²) in [5.41, 5.74) is 11.0. The van der Waals surface area contributed by atoms with Crippen molar-refractivity contribution in [2.75, 3.05) is 39.9 Å². The van der Waals surface area contributed by atoms with Gasteiger partial charge in [-0.2, -0.15) is 19.9 Å². The Morgan fingerprint density at radius 1 is 0.410 bits per heavy atom. The number of ether oxygens (including phenoxy) is 4. The summed E-state index contributed by atoms with van der Waals surface area (Å²) in [6.07, 6.45) is 10.1. The number of aromatic nitrogens is 6. The second kappa shape index (κ2) is 13.4. The number of hydrogen-bond acceptors (Lipinski definition) is 17. The molecule has 0 fully saturated rings. The standard InChI is InChI=1S/C41H27B3N8O4S5/c1-57-39-45-33-30-34(46-39)52(61-5)25-17-29-23(43-19-11-7-9-13-27(19)54-36-32(43)38(56-29)50-41(48-36)59-3)15-21(25)44(30)20-14-22-28(16-24(20)51(33)60-4)55-37-31-35(47-40(49-37)58-2)53-26-12-8-6-10-18(26)42(22)31/h6-17H,1-5H3. The minimum Gasteiger partial charge on any atom is -0.440 e. The molecule has 61 heavy (non-hydrogen) atoms. The van der Waals surface area contributed by atoms with Crippen LogP contribution in [0.25, 0.3) is 0 Å². The Morgan fingerprint density at radius 2 is 0.787 bits per heavy atom. The first-order valence-electron chi connectivity index (χ1n) is 19.3. The lowest BCUT2D eigenvalue weighted by atomic mass is 9.30. The van der Waals surface area contributed by atoms with Gasteiger partial charge in [0.25, 0.3) is 20.1 Å². The normalized spacial score (nSPS) is 14.7. The lowest BCUT2D eigenvalue weighted by molar-refractivity contribution is 0.428. The van der Waals surface area contributed by atoms with Crippen molar-refractivity contribution in [3.05, 3.63) is 72.8 Å². The van der Waals surface area contributed by atoms with Gasteiger partial charge in [0, 0.05) is 30.1 Å². The number of anilines is 4. The molecule has 9 heterocycles. The Kier molecular flexibility index (Phi) is 8.04. The molecule has 0 amide bonds. The van der Waals surface area contributed by atoms with Crippen LogP contribution in [0, 0.1) is 0 Å². The zero-order valence-corrected chi connectivity index (χ0v) is 37.0. The quantitative estimate of drug-likeness (QED) is 0.108. The number of benzene rings is 4. The van der Waals surface area contributed by atoms with Crippen LogP contribution in [-0.4, -0.2) is 81.3 Å². The van der Waals surface area contributed by atoms with Crippen LogP contribution in [0.5, 0.6) is 46.5 Å². The van der Waals surface area contributed by atoms with Crippen molar-refractivity contribution in [1.82, 2.24) is 29.9 Å². The molecule has 0 spiro atoms.